The van der Waals surface area contributed by atoms with E-state index in [1.54, 1.807) is 24.3 Å². The Balaban J connectivity index is 1.31. The minimum atomic E-state index is -0.225. The van der Waals surface area contributed by atoms with Gasteiger partial charge >= 0.3 is 0 Å². The van der Waals surface area contributed by atoms with E-state index in [1.165, 1.54) is 43.4 Å². The number of hydrogen-bond acceptors (Lipinski definition) is 4. The van der Waals surface area contributed by atoms with Crippen LogP contribution < -0.4 is 4.74 Å². The van der Waals surface area contributed by atoms with Crippen LogP contribution in [0.4, 0.5) is 0 Å². The molecule has 0 atom stereocenters. The third-order valence-electron chi connectivity index (χ3n) is 6.06. The number of unbranched alkanes of at least 4 members (excludes halogenated alkanes) is 6. The average Bonchev–Trinajstić information content (AvgIpc) is 3.33. The molecule has 4 rings (SSSR count). The molecule has 0 saturated heterocycles. The summed E-state index contributed by atoms with van der Waals surface area (Å²) in [6.07, 6.45) is 11.1. The van der Waals surface area contributed by atoms with E-state index in [2.05, 4.69) is 16.9 Å². The largest absolute Gasteiger partial charge is 0.478 e. The molecule has 6 nitrogen and oxygen atoms in total. The van der Waals surface area contributed by atoms with Crippen LogP contribution in [0.5, 0.6) is 5.88 Å². The SMILES string of the molecule is CCCCCCCCCOc1ccc2[nH]cc(CCN3C(=O)c4ccccc4C3=O)c2n1. The van der Waals surface area contributed by atoms with Crippen molar-refractivity contribution in [1.82, 2.24) is 14.9 Å². The molecule has 32 heavy (non-hydrogen) atoms. The molecule has 1 aliphatic heterocycles. The van der Waals surface area contributed by atoms with E-state index < -0.39 is 0 Å². The van der Waals surface area contributed by atoms with Crippen molar-refractivity contribution >= 4 is 22.8 Å². The molecule has 0 fully saturated rings. The van der Waals surface area contributed by atoms with Gasteiger partial charge < -0.3 is 9.72 Å². The highest BCUT2D eigenvalue weighted by molar-refractivity contribution is 6.21. The number of rotatable bonds is 12. The average molecular weight is 434 g/mol. The highest BCUT2D eigenvalue weighted by atomic mass is 16.5. The number of nitrogens with zero attached hydrogens (tertiary/aromatic N) is 2. The van der Waals surface area contributed by atoms with Gasteiger partial charge in [0.15, 0.2) is 0 Å². The van der Waals surface area contributed by atoms with Gasteiger partial charge in [0.1, 0.15) is 0 Å². The highest BCUT2D eigenvalue weighted by Gasteiger charge is 2.34. The predicted octanol–water partition coefficient (Wildman–Crippen LogP) is 5.53. The van der Waals surface area contributed by atoms with Crippen LogP contribution in [0.15, 0.2) is 42.6 Å². The van der Waals surface area contributed by atoms with Gasteiger partial charge in [-0.3, -0.25) is 14.5 Å². The number of carbonyl (C=O) groups is 2. The summed E-state index contributed by atoms with van der Waals surface area (Å²) in [4.78, 5) is 34.4. The van der Waals surface area contributed by atoms with Gasteiger partial charge in [-0.1, -0.05) is 57.6 Å². The van der Waals surface area contributed by atoms with Crippen LogP contribution in [-0.2, 0) is 6.42 Å². The Hall–Kier alpha value is -3.15. The molecule has 0 unspecified atom stereocenters. The Labute approximate surface area is 189 Å². The minimum absolute atomic E-state index is 0.225. The van der Waals surface area contributed by atoms with Crippen LogP contribution in [0, 0.1) is 0 Å². The van der Waals surface area contributed by atoms with Gasteiger partial charge in [0.05, 0.1) is 28.8 Å². The van der Waals surface area contributed by atoms with Gasteiger partial charge in [0, 0.05) is 18.8 Å². The molecule has 6 heteroatoms. The standard InChI is InChI=1S/C26H31N3O3/c1-2-3-4-5-6-7-10-17-32-23-14-13-22-24(28-23)19(18-27-22)15-16-29-25(30)20-11-8-9-12-21(20)26(29)31/h8-9,11-14,18,27H,2-7,10,15-17H2,1H3. The van der Waals surface area contributed by atoms with Crippen LogP contribution in [0.1, 0.15) is 78.1 Å². The number of pyridine rings is 1. The first-order valence-corrected chi connectivity index (χ1v) is 11.7. The summed E-state index contributed by atoms with van der Waals surface area (Å²) in [7, 11) is 0. The normalized spacial score (nSPS) is 13.2. The minimum Gasteiger partial charge on any atom is -0.478 e. The predicted molar refractivity (Wildman–Crippen MR) is 125 cm³/mol. The van der Waals surface area contributed by atoms with E-state index in [0.29, 0.717) is 36.6 Å². The second-order valence-electron chi connectivity index (χ2n) is 8.39. The second kappa shape index (κ2) is 10.4. The van der Waals surface area contributed by atoms with Crippen molar-refractivity contribution in [3.63, 3.8) is 0 Å². The summed E-state index contributed by atoms with van der Waals surface area (Å²) >= 11 is 0. The van der Waals surface area contributed by atoms with E-state index in [1.807, 2.05) is 18.3 Å². The van der Waals surface area contributed by atoms with Gasteiger partial charge in [-0.15, -0.1) is 0 Å². The van der Waals surface area contributed by atoms with Gasteiger partial charge in [-0.05, 0) is 36.6 Å². The zero-order chi connectivity index (χ0) is 22.3. The Kier molecular flexibility index (Phi) is 7.20. The second-order valence-corrected chi connectivity index (χ2v) is 8.39. The smallest absolute Gasteiger partial charge is 0.261 e. The summed E-state index contributed by atoms with van der Waals surface area (Å²) in [5.41, 5.74) is 3.69. The number of aromatic amines is 1. The molecule has 1 aliphatic rings. The number of imide groups is 1. The maximum atomic E-state index is 12.6. The fourth-order valence-corrected chi connectivity index (χ4v) is 4.22. The third-order valence-corrected chi connectivity index (χ3v) is 6.06. The van der Waals surface area contributed by atoms with E-state index >= 15 is 0 Å². The number of ether oxygens (including phenoxy) is 1. The van der Waals surface area contributed by atoms with Crippen molar-refractivity contribution in [3.8, 4) is 5.88 Å². The Morgan fingerprint density at radius 1 is 0.906 bits per heavy atom. The Morgan fingerprint density at radius 2 is 1.59 bits per heavy atom. The molecular formula is C26H31N3O3. The molecule has 0 saturated carbocycles. The van der Waals surface area contributed by atoms with Gasteiger partial charge in [-0.2, -0.15) is 0 Å². The van der Waals surface area contributed by atoms with E-state index in [-0.39, 0.29) is 11.8 Å². The summed E-state index contributed by atoms with van der Waals surface area (Å²) in [5.74, 6) is 0.166. The summed E-state index contributed by atoms with van der Waals surface area (Å²) in [5, 5.41) is 0. The first-order valence-electron chi connectivity index (χ1n) is 11.7. The Morgan fingerprint density at radius 3 is 2.31 bits per heavy atom. The summed E-state index contributed by atoms with van der Waals surface area (Å²) in [6, 6.07) is 10.8. The van der Waals surface area contributed by atoms with Gasteiger partial charge in [-0.25, -0.2) is 4.98 Å². The van der Waals surface area contributed by atoms with Crippen LogP contribution in [0.25, 0.3) is 11.0 Å². The molecule has 2 aromatic heterocycles. The summed E-state index contributed by atoms with van der Waals surface area (Å²) in [6.45, 7) is 3.23. The summed E-state index contributed by atoms with van der Waals surface area (Å²) < 4.78 is 5.88. The van der Waals surface area contributed by atoms with Gasteiger partial charge in [0.25, 0.3) is 11.8 Å². The maximum Gasteiger partial charge on any atom is 0.261 e. The van der Waals surface area contributed by atoms with E-state index in [9.17, 15) is 9.59 Å². The fourth-order valence-electron chi connectivity index (χ4n) is 4.22. The molecule has 2 amide bonds. The van der Waals surface area contributed by atoms with Crippen molar-refractivity contribution in [2.45, 2.75) is 58.3 Å². The van der Waals surface area contributed by atoms with Crippen LogP contribution in [-0.4, -0.2) is 39.8 Å². The lowest BCUT2D eigenvalue weighted by molar-refractivity contribution is 0.0656. The van der Waals surface area contributed by atoms with Crippen molar-refractivity contribution in [3.05, 3.63) is 59.3 Å². The van der Waals surface area contributed by atoms with Gasteiger partial charge in [0.2, 0.25) is 5.88 Å². The first kappa shape index (κ1) is 22.1. The van der Waals surface area contributed by atoms with Crippen molar-refractivity contribution in [2.75, 3.05) is 13.2 Å². The topological polar surface area (TPSA) is 75.3 Å². The Bertz CT molecular complexity index is 1050. The number of benzene rings is 1. The monoisotopic (exact) mass is 433 g/mol. The quantitative estimate of drug-likeness (QED) is 0.301. The van der Waals surface area contributed by atoms with Crippen molar-refractivity contribution in [1.29, 1.82) is 0 Å². The van der Waals surface area contributed by atoms with Crippen LogP contribution in [0.3, 0.4) is 0 Å². The molecule has 1 N–H and O–H groups in total. The van der Waals surface area contributed by atoms with Crippen LogP contribution >= 0.6 is 0 Å². The molecule has 168 valence electrons. The lowest BCUT2D eigenvalue weighted by atomic mass is 10.1. The molecule has 0 spiro atoms. The zero-order valence-corrected chi connectivity index (χ0v) is 18.7. The molecule has 0 aliphatic carbocycles. The van der Waals surface area contributed by atoms with E-state index in [0.717, 1.165) is 23.0 Å². The number of aromatic nitrogens is 2. The molecule has 1 aromatic carbocycles. The van der Waals surface area contributed by atoms with Crippen molar-refractivity contribution in [2.24, 2.45) is 0 Å². The molecule has 3 heterocycles. The lowest BCUT2D eigenvalue weighted by Gasteiger charge is -2.13. The van der Waals surface area contributed by atoms with Crippen LogP contribution in [0.2, 0.25) is 0 Å². The lowest BCUT2D eigenvalue weighted by Crippen LogP contribution is -2.31. The maximum absolute atomic E-state index is 12.6. The number of nitrogens with one attached hydrogen (secondary N) is 1. The zero-order valence-electron chi connectivity index (χ0n) is 18.7. The molecule has 0 bridgehead atoms. The molecular weight excluding hydrogens is 402 g/mol. The fraction of sp³-hybridized carbons (Fsp3) is 0.423. The molecule has 0 radical (unpaired) electrons. The highest BCUT2D eigenvalue weighted by Crippen LogP contribution is 2.25. The molecule has 3 aromatic rings. The number of carbonyl (C=O) groups excluding carboxylic acids is 2. The number of amides is 2. The van der Waals surface area contributed by atoms with E-state index in [4.69, 9.17) is 4.74 Å². The number of H-pyrrole nitrogens is 1. The van der Waals surface area contributed by atoms with Crippen molar-refractivity contribution < 1.29 is 14.3 Å². The third kappa shape index (κ3) is 4.85. The first-order chi connectivity index (χ1) is 15.7. The number of hydrogen-bond donors (Lipinski definition) is 1. The number of fused-ring (bicyclic) bond motifs is 2.